The number of hydrogen-bond donors (Lipinski definition) is 0. The van der Waals surface area contributed by atoms with Crippen LogP contribution in [0, 0.1) is 13.8 Å². The fourth-order valence-electron chi connectivity index (χ4n) is 3.79. The summed E-state index contributed by atoms with van der Waals surface area (Å²) in [6.45, 7) is 6.23. The predicted molar refractivity (Wildman–Crippen MR) is 113 cm³/mol. The van der Waals surface area contributed by atoms with Gasteiger partial charge in [0.05, 0.1) is 11.1 Å². The smallest absolute Gasteiger partial charge is 0.263 e. The number of thioether (sulfide) groups is 1. The van der Waals surface area contributed by atoms with Crippen LogP contribution in [0.4, 0.5) is 0 Å². The number of hydrogen-bond acceptors (Lipinski definition) is 7. The number of nitrogens with zero attached hydrogens (tertiary/aromatic N) is 4. The van der Waals surface area contributed by atoms with Gasteiger partial charge in [0.25, 0.3) is 5.56 Å². The molecule has 0 N–H and O–H groups in total. The zero-order valence-electron chi connectivity index (χ0n) is 16.7. The number of thiophene rings is 1. The summed E-state index contributed by atoms with van der Waals surface area (Å²) < 4.78 is 7.33. The van der Waals surface area contributed by atoms with Gasteiger partial charge in [0.15, 0.2) is 11.0 Å². The minimum atomic E-state index is 0.107. The van der Waals surface area contributed by atoms with Crippen LogP contribution in [0.1, 0.15) is 73.6 Å². The molecule has 6 nitrogen and oxygen atoms in total. The van der Waals surface area contributed by atoms with Crippen LogP contribution in [-0.2, 0) is 12.2 Å². The SMILES string of the molecule is CCCCc1noc(CSc2nc3sc(C)c(C)c3c(=O)n2C2CCCC2)n1. The molecule has 3 heterocycles. The molecule has 4 rings (SSSR count). The van der Waals surface area contributed by atoms with Gasteiger partial charge in [-0.1, -0.05) is 43.1 Å². The van der Waals surface area contributed by atoms with Crippen molar-refractivity contribution >= 4 is 33.3 Å². The van der Waals surface area contributed by atoms with Crippen LogP contribution in [-0.4, -0.2) is 19.7 Å². The Morgan fingerprint density at radius 3 is 2.79 bits per heavy atom. The molecule has 150 valence electrons. The minimum absolute atomic E-state index is 0.107. The van der Waals surface area contributed by atoms with Crippen molar-refractivity contribution in [3.05, 3.63) is 32.5 Å². The summed E-state index contributed by atoms with van der Waals surface area (Å²) in [4.78, 5) is 24.7. The van der Waals surface area contributed by atoms with Crippen molar-refractivity contribution in [1.29, 1.82) is 0 Å². The Kier molecular flexibility index (Phi) is 5.87. The number of aromatic nitrogens is 4. The standard InChI is InChI=1S/C20H26N4O2S2/c1-4-5-10-15-21-16(26-23-15)11-27-20-22-18-17(12(2)13(3)28-18)19(25)24(20)14-8-6-7-9-14/h14H,4-11H2,1-3H3. The summed E-state index contributed by atoms with van der Waals surface area (Å²) in [5.41, 5.74) is 1.17. The Morgan fingerprint density at radius 2 is 2.04 bits per heavy atom. The lowest BCUT2D eigenvalue weighted by Gasteiger charge is -2.17. The molecule has 3 aromatic heterocycles. The van der Waals surface area contributed by atoms with Crippen molar-refractivity contribution in [3.8, 4) is 0 Å². The van der Waals surface area contributed by atoms with E-state index >= 15 is 0 Å². The summed E-state index contributed by atoms with van der Waals surface area (Å²) >= 11 is 3.13. The van der Waals surface area contributed by atoms with Crippen LogP contribution >= 0.6 is 23.1 Å². The van der Waals surface area contributed by atoms with Gasteiger partial charge in [0, 0.05) is 17.3 Å². The molecule has 0 saturated heterocycles. The molecule has 0 amide bonds. The third-order valence-corrected chi connectivity index (χ3v) is 7.52. The van der Waals surface area contributed by atoms with E-state index in [4.69, 9.17) is 9.51 Å². The molecule has 3 aromatic rings. The fourth-order valence-corrected chi connectivity index (χ4v) is 5.76. The highest BCUT2D eigenvalue weighted by molar-refractivity contribution is 7.98. The third kappa shape index (κ3) is 3.76. The van der Waals surface area contributed by atoms with Gasteiger partial charge >= 0.3 is 0 Å². The monoisotopic (exact) mass is 418 g/mol. The quantitative estimate of drug-likeness (QED) is 0.387. The third-order valence-electron chi connectivity index (χ3n) is 5.48. The Balaban J connectivity index is 1.66. The normalized spacial score (nSPS) is 15.1. The summed E-state index contributed by atoms with van der Waals surface area (Å²) in [6, 6.07) is 0.245. The summed E-state index contributed by atoms with van der Waals surface area (Å²) in [7, 11) is 0. The van der Waals surface area contributed by atoms with Gasteiger partial charge < -0.3 is 4.52 Å². The molecule has 0 atom stereocenters. The lowest BCUT2D eigenvalue weighted by Crippen LogP contribution is -2.26. The van der Waals surface area contributed by atoms with Crippen molar-refractivity contribution in [3.63, 3.8) is 0 Å². The first-order valence-electron chi connectivity index (χ1n) is 10.0. The number of unbranched alkanes of at least 4 members (excludes halogenated alkanes) is 1. The molecular formula is C20H26N4O2S2. The van der Waals surface area contributed by atoms with Crippen molar-refractivity contribution in [2.45, 2.75) is 82.7 Å². The van der Waals surface area contributed by atoms with Crippen LogP contribution in [0.25, 0.3) is 10.2 Å². The molecule has 0 radical (unpaired) electrons. The summed E-state index contributed by atoms with van der Waals surface area (Å²) in [5, 5.41) is 5.63. The Bertz CT molecular complexity index is 1030. The van der Waals surface area contributed by atoms with E-state index in [9.17, 15) is 4.79 Å². The van der Waals surface area contributed by atoms with E-state index in [1.165, 1.54) is 24.6 Å². The van der Waals surface area contributed by atoms with Gasteiger partial charge in [-0.3, -0.25) is 9.36 Å². The molecule has 1 saturated carbocycles. The molecule has 0 spiro atoms. The highest BCUT2D eigenvalue weighted by Gasteiger charge is 2.25. The van der Waals surface area contributed by atoms with E-state index < -0.39 is 0 Å². The van der Waals surface area contributed by atoms with Gasteiger partial charge in [-0.15, -0.1) is 11.3 Å². The van der Waals surface area contributed by atoms with Crippen LogP contribution in [0.2, 0.25) is 0 Å². The minimum Gasteiger partial charge on any atom is -0.338 e. The van der Waals surface area contributed by atoms with Crippen molar-refractivity contribution in [1.82, 2.24) is 19.7 Å². The number of fused-ring (bicyclic) bond motifs is 1. The maximum atomic E-state index is 13.4. The van der Waals surface area contributed by atoms with Gasteiger partial charge in [-0.25, -0.2) is 4.98 Å². The van der Waals surface area contributed by atoms with Gasteiger partial charge in [-0.05, 0) is 38.7 Å². The maximum absolute atomic E-state index is 13.4. The van der Waals surface area contributed by atoms with Crippen LogP contribution in [0.15, 0.2) is 14.5 Å². The largest absolute Gasteiger partial charge is 0.338 e. The van der Waals surface area contributed by atoms with E-state index in [0.29, 0.717) is 11.6 Å². The number of aryl methyl sites for hydroxylation is 3. The summed E-state index contributed by atoms with van der Waals surface area (Å²) in [6.07, 6.45) is 7.44. The van der Waals surface area contributed by atoms with Gasteiger partial charge in [-0.2, -0.15) is 4.98 Å². The Morgan fingerprint density at radius 1 is 1.25 bits per heavy atom. The first kappa shape index (κ1) is 19.6. The fraction of sp³-hybridized carbons (Fsp3) is 0.600. The molecule has 1 aliphatic carbocycles. The molecule has 0 aliphatic heterocycles. The Hall–Kier alpha value is -1.67. The summed E-state index contributed by atoms with van der Waals surface area (Å²) in [5.74, 6) is 1.90. The zero-order valence-corrected chi connectivity index (χ0v) is 18.3. The lowest BCUT2D eigenvalue weighted by molar-refractivity contribution is 0.384. The molecule has 0 bridgehead atoms. The first-order valence-corrected chi connectivity index (χ1v) is 11.8. The van der Waals surface area contributed by atoms with Crippen molar-refractivity contribution in [2.75, 3.05) is 0 Å². The highest BCUT2D eigenvalue weighted by Crippen LogP contribution is 2.35. The van der Waals surface area contributed by atoms with Crippen LogP contribution in [0.3, 0.4) is 0 Å². The Labute approximate surface area is 172 Å². The van der Waals surface area contributed by atoms with E-state index in [1.807, 2.05) is 11.5 Å². The lowest BCUT2D eigenvalue weighted by atomic mass is 10.2. The predicted octanol–water partition coefficient (Wildman–Crippen LogP) is 5.21. The molecule has 28 heavy (non-hydrogen) atoms. The first-order chi connectivity index (χ1) is 13.6. The van der Waals surface area contributed by atoms with Crippen LogP contribution in [0.5, 0.6) is 0 Å². The molecule has 8 heteroatoms. The average molecular weight is 419 g/mol. The van der Waals surface area contributed by atoms with E-state index in [0.717, 1.165) is 63.7 Å². The van der Waals surface area contributed by atoms with Crippen LogP contribution < -0.4 is 5.56 Å². The van der Waals surface area contributed by atoms with E-state index in [1.54, 1.807) is 11.3 Å². The van der Waals surface area contributed by atoms with Crippen molar-refractivity contribution < 1.29 is 4.52 Å². The molecule has 1 aliphatic rings. The van der Waals surface area contributed by atoms with E-state index in [2.05, 4.69) is 24.0 Å². The number of rotatable bonds is 7. The zero-order chi connectivity index (χ0) is 19.7. The second kappa shape index (κ2) is 8.37. The maximum Gasteiger partial charge on any atom is 0.263 e. The average Bonchev–Trinajstić information content (AvgIpc) is 3.40. The molecular weight excluding hydrogens is 392 g/mol. The highest BCUT2D eigenvalue weighted by atomic mass is 32.2. The van der Waals surface area contributed by atoms with Gasteiger partial charge in [0.2, 0.25) is 5.89 Å². The topological polar surface area (TPSA) is 73.8 Å². The second-order valence-electron chi connectivity index (χ2n) is 7.47. The van der Waals surface area contributed by atoms with Gasteiger partial charge in [0.1, 0.15) is 4.83 Å². The molecule has 1 fully saturated rings. The molecule has 0 aromatic carbocycles. The molecule has 0 unspecified atom stereocenters. The van der Waals surface area contributed by atoms with E-state index in [-0.39, 0.29) is 11.6 Å². The van der Waals surface area contributed by atoms with Crippen molar-refractivity contribution in [2.24, 2.45) is 0 Å². The second-order valence-corrected chi connectivity index (χ2v) is 9.61.